The summed E-state index contributed by atoms with van der Waals surface area (Å²) in [7, 11) is -2.90. The number of nitrogens with two attached hydrogens (primary N) is 1. The highest BCUT2D eigenvalue weighted by atomic mass is 32.2. The maximum atomic E-state index is 11.4. The van der Waals surface area contributed by atoms with Crippen molar-refractivity contribution in [3.05, 3.63) is 11.4 Å². The molecule has 1 unspecified atom stereocenters. The molecule has 18 heavy (non-hydrogen) atoms. The number of hydrazine groups is 1. The molecule has 1 aliphatic rings. The minimum Gasteiger partial charge on any atom is -0.366 e. The van der Waals surface area contributed by atoms with Crippen molar-refractivity contribution in [3.8, 4) is 0 Å². The van der Waals surface area contributed by atoms with Crippen molar-refractivity contribution in [3.63, 3.8) is 0 Å². The second kappa shape index (κ2) is 4.69. The third kappa shape index (κ3) is 2.70. The largest absolute Gasteiger partial charge is 0.366 e. The molecule has 8 heteroatoms. The van der Waals surface area contributed by atoms with Gasteiger partial charge in [-0.05, 0) is 20.3 Å². The van der Waals surface area contributed by atoms with Crippen molar-refractivity contribution in [2.75, 3.05) is 22.2 Å². The van der Waals surface area contributed by atoms with Crippen LogP contribution < -0.4 is 16.6 Å². The Hall–Kier alpha value is -1.41. The molecule has 1 saturated heterocycles. The molecular weight excluding hydrogens is 254 g/mol. The van der Waals surface area contributed by atoms with Crippen LogP contribution in [0.2, 0.25) is 0 Å². The highest BCUT2D eigenvalue weighted by molar-refractivity contribution is 7.91. The molecule has 0 amide bonds. The predicted octanol–water partition coefficient (Wildman–Crippen LogP) is -0.0220. The van der Waals surface area contributed by atoms with E-state index in [4.69, 9.17) is 5.84 Å². The van der Waals surface area contributed by atoms with Crippen LogP contribution in [0, 0.1) is 13.8 Å². The van der Waals surface area contributed by atoms with E-state index in [-0.39, 0.29) is 17.5 Å². The summed E-state index contributed by atoms with van der Waals surface area (Å²) < 4.78 is 22.8. The minimum absolute atomic E-state index is 0.0892. The summed E-state index contributed by atoms with van der Waals surface area (Å²) in [5.41, 5.74) is 3.29. The fourth-order valence-corrected chi connectivity index (χ4v) is 3.69. The van der Waals surface area contributed by atoms with Gasteiger partial charge in [0, 0.05) is 11.6 Å². The Kier molecular flexibility index (Phi) is 3.40. The zero-order valence-corrected chi connectivity index (χ0v) is 11.2. The minimum atomic E-state index is -2.90. The lowest BCUT2D eigenvalue weighted by Gasteiger charge is -2.16. The van der Waals surface area contributed by atoms with Gasteiger partial charge in [-0.25, -0.2) is 24.2 Å². The summed E-state index contributed by atoms with van der Waals surface area (Å²) in [5.74, 6) is 7.53. The zero-order chi connectivity index (χ0) is 13.3. The Morgan fingerprint density at radius 3 is 2.50 bits per heavy atom. The highest BCUT2D eigenvalue weighted by Crippen LogP contribution is 2.22. The van der Waals surface area contributed by atoms with Gasteiger partial charge in [-0.2, -0.15) is 0 Å². The Balaban J connectivity index is 2.22. The van der Waals surface area contributed by atoms with Crippen LogP contribution in [0.25, 0.3) is 0 Å². The van der Waals surface area contributed by atoms with E-state index in [0.29, 0.717) is 23.9 Å². The SMILES string of the molecule is Cc1nc(NN)c(C)c(NC2CCS(=O)(=O)C2)n1. The molecule has 1 aliphatic heterocycles. The Bertz CT molecular complexity index is 558. The van der Waals surface area contributed by atoms with Crippen LogP contribution in [-0.4, -0.2) is 35.9 Å². The van der Waals surface area contributed by atoms with E-state index in [9.17, 15) is 8.42 Å². The monoisotopic (exact) mass is 271 g/mol. The number of hydrogen-bond acceptors (Lipinski definition) is 7. The van der Waals surface area contributed by atoms with Gasteiger partial charge in [-0.15, -0.1) is 0 Å². The van der Waals surface area contributed by atoms with E-state index < -0.39 is 9.84 Å². The molecule has 1 fully saturated rings. The lowest BCUT2D eigenvalue weighted by atomic mass is 10.2. The van der Waals surface area contributed by atoms with E-state index in [1.165, 1.54) is 0 Å². The summed E-state index contributed by atoms with van der Waals surface area (Å²) in [5, 5.41) is 3.15. The van der Waals surface area contributed by atoms with Gasteiger partial charge >= 0.3 is 0 Å². The fourth-order valence-electron chi connectivity index (χ4n) is 2.01. The smallest absolute Gasteiger partial charge is 0.152 e. The summed E-state index contributed by atoms with van der Waals surface area (Å²) in [4.78, 5) is 8.43. The van der Waals surface area contributed by atoms with Gasteiger partial charge in [0.2, 0.25) is 0 Å². The van der Waals surface area contributed by atoms with E-state index in [1.54, 1.807) is 6.92 Å². The van der Waals surface area contributed by atoms with Gasteiger partial charge in [0.05, 0.1) is 11.5 Å². The van der Waals surface area contributed by atoms with Gasteiger partial charge in [-0.1, -0.05) is 0 Å². The highest BCUT2D eigenvalue weighted by Gasteiger charge is 2.28. The zero-order valence-electron chi connectivity index (χ0n) is 10.4. The first-order valence-corrected chi connectivity index (χ1v) is 7.52. The molecule has 100 valence electrons. The molecule has 1 aromatic heterocycles. The first-order chi connectivity index (χ1) is 8.41. The Morgan fingerprint density at radius 1 is 1.28 bits per heavy atom. The topological polar surface area (TPSA) is 110 Å². The van der Waals surface area contributed by atoms with E-state index in [0.717, 1.165) is 5.56 Å². The van der Waals surface area contributed by atoms with Crippen molar-refractivity contribution in [2.24, 2.45) is 5.84 Å². The number of nitrogen functional groups attached to an aromatic ring is 1. The lowest BCUT2D eigenvalue weighted by Crippen LogP contribution is -2.23. The maximum Gasteiger partial charge on any atom is 0.152 e. The number of aromatic nitrogens is 2. The summed E-state index contributed by atoms with van der Waals surface area (Å²) >= 11 is 0. The summed E-state index contributed by atoms with van der Waals surface area (Å²) in [6.45, 7) is 3.59. The normalized spacial score (nSPS) is 21.8. The van der Waals surface area contributed by atoms with E-state index in [1.807, 2.05) is 6.92 Å². The molecule has 0 saturated carbocycles. The molecule has 1 atom stereocenters. The maximum absolute atomic E-state index is 11.4. The molecule has 0 aliphatic carbocycles. The summed E-state index contributed by atoms with van der Waals surface area (Å²) in [6.07, 6.45) is 0.607. The van der Waals surface area contributed by atoms with Gasteiger partial charge in [-0.3, -0.25) is 0 Å². The molecule has 0 bridgehead atoms. The lowest BCUT2D eigenvalue weighted by molar-refractivity contribution is 0.602. The number of nitrogens with one attached hydrogen (secondary N) is 2. The van der Waals surface area contributed by atoms with Crippen LogP contribution >= 0.6 is 0 Å². The second-order valence-electron chi connectivity index (χ2n) is 4.48. The van der Waals surface area contributed by atoms with Gasteiger partial charge < -0.3 is 10.7 Å². The van der Waals surface area contributed by atoms with Crippen molar-refractivity contribution in [1.29, 1.82) is 0 Å². The third-order valence-corrected chi connectivity index (χ3v) is 4.74. The quantitative estimate of drug-likeness (QED) is 0.523. The van der Waals surface area contributed by atoms with E-state index in [2.05, 4.69) is 20.7 Å². The number of aryl methyl sites for hydroxylation is 1. The van der Waals surface area contributed by atoms with Crippen molar-refractivity contribution >= 4 is 21.5 Å². The van der Waals surface area contributed by atoms with Crippen LogP contribution in [-0.2, 0) is 9.84 Å². The average Bonchev–Trinajstić information content (AvgIpc) is 2.62. The number of hydrogen-bond donors (Lipinski definition) is 3. The van der Waals surface area contributed by atoms with Crippen molar-refractivity contribution in [1.82, 2.24) is 9.97 Å². The van der Waals surface area contributed by atoms with Crippen molar-refractivity contribution < 1.29 is 8.42 Å². The molecule has 0 radical (unpaired) electrons. The number of rotatable bonds is 3. The molecular formula is C10H17N5O2S. The molecule has 0 aromatic carbocycles. The molecule has 2 heterocycles. The molecule has 7 nitrogen and oxygen atoms in total. The predicted molar refractivity (Wildman–Crippen MR) is 70.0 cm³/mol. The van der Waals surface area contributed by atoms with Crippen LogP contribution in [0.3, 0.4) is 0 Å². The molecule has 2 rings (SSSR count). The second-order valence-corrected chi connectivity index (χ2v) is 6.71. The van der Waals surface area contributed by atoms with Gasteiger partial charge in [0.1, 0.15) is 17.5 Å². The first-order valence-electron chi connectivity index (χ1n) is 5.70. The van der Waals surface area contributed by atoms with Crippen LogP contribution in [0.4, 0.5) is 11.6 Å². The summed E-state index contributed by atoms with van der Waals surface area (Å²) in [6, 6.07) is -0.0892. The van der Waals surface area contributed by atoms with Crippen LogP contribution in [0.15, 0.2) is 0 Å². The molecule has 4 N–H and O–H groups in total. The van der Waals surface area contributed by atoms with Gasteiger partial charge in [0.15, 0.2) is 9.84 Å². The van der Waals surface area contributed by atoms with Crippen molar-refractivity contribution in [2.45, 2.75) is 26.3 Å². The van der Waals surface area contributed by atoms with Crippen LogP contribution in [0.5, 0.6) is 0 Å². The molecule has 0 spiro atoms. The van der Waals surface area contributed by atoms with Gasteiger partial charge in [0.25, 0.3) is 0 Å². The standard InChI is InChI=1S/C10H17N5O2S/c1-6-9(12-7(2)13-10(6)15-11)14-8-3-4-18(16,17)5-8/h8H,3-5,11H2,1-2H3,(H2,12,13,14,15). The average molecular weight is 271 g/mol. The number of anilines is 2. The Morgan fingerprint density at radius 2 is 1.94 bits per heavy atom. The van der Waals surface area contributed by atoms with E-state index >= 15 is 0 Å². The fraction of sp³-hybridized carbons (Fsp3) is 0.600. The third-order valence-electron chi connectivity index (χ3n) is 2.97. The number of sulfone groups is 1. The Labute approximate surface area is 106 Å². The molecule has 1 aromatic rings. The van der Waals surface area contributed by atoms with Crippen LogP contribution in [0.1, 0.15) is 17.8 Å². The first kappa shape index (κ1) is 13.0. The number of nitrogens with zero attached hydrogens (tertiary/aromatic N) is 2.